The molecule has 3 aromatic rings. The van der Waals surface area contributed by atoms with E-state index in [0.717, 1.165) is 37.1 Å². The number of ether oxygens (including phenoxy) is 1. The Kier molecular flexibility index (Phi) is 8.21. The van der Waals surface area contributed by atoms with Crippen molar-refractivity contribution in [1.82, 2.24) is 19.7 Å². The Balaban J connectivity index is 1.52. The molecule has 1 aliphatic carbocycles. The van der Waals surface area contributed by atoms with Crippen LogP contribution in [0, 0.1) is 11.6 Å². The molecule has 1 aliphatic heterocycles. The normalized spacial score (nSPS) is 23.3. The maximum atomic E-state index is 14.7. The van der Waals surface area contributed by atoms with Gasteiger partial charge in [0.1, 0.15) is 24.5 Å². The Bertz CT molecular complexity index is 1380. The van der Waals surface area contributed by atoms with Gasteiger partial charge in [0.2, 0.25) is 0 Å². The summed E-state index contributed by atoms with van der Waals surface area (Å²) >= 11 is 0. The number of alkyl halides is 1. The molecule has 0 unspecified atom stereocenters. The number of aliphatic hydroxyl groups excluding tert-OH is 1. The molecule has 1 aromatic carbocycles. The van der Waals surface area contributed by atoms with Crippen LogP contribution in [-0.4, -0.2) is 70.2 Å². The first-order chi connectivity index (χ1) is 19.0. The second kappa shape index (κ2) is 11.5. The number of rotatable bonds is 9. The number of hydrogen-bond donors (Lipinski definition) is 2. The number of carbonyl (C=O) groups is 1. The third-order valence-corrected chi connectivity index (χ3v) is 9.40. The van der Waals surface area contributed by atoms with Crippen LogP contribution in [-0.2, 0) is 11.5 Å². The summed E-state index contributed by atoms with van der Waals surface area (Å²) in [5.74, 6) is -1.98. The molecular weight excluding hydrogens is 539 g/mol. The first-order valence-corrected chi connectivity index (χ1v) is 17.5. The van der Waals surface area contributed by atoms with Gasteiger partial charge in [-0.15, -0.1) is 0 Å². The predicted molar refractivity (Wildman–Crippen MR) is 149 cm³/mol. The smallest absolute Gasteiger partial charge is 0.275 e. The summed E-state index contributed by atoms with van der Waals surface area (Å²) in [4.78, 5) is 19.7. The van der Waals surface area contributed by atoms with E-state index in [4.69, 9.17) is 4.74 Å². The monoisotopic (exact) mass is 575 g/mol. The molecule has 2 aliphatic rings. The molecule has 2 N–H and O–H groups in total. The number of fused-ring (bicyclic) bond motifs is 1. The SMILES string of the molecule is C[Si](C)(C)CCOCn1nc(C(=O)N2C[C@@H](F)C[C@@H]2c2cc(F)ccc2F)c2c(N[C@@H]3CCC[C@H]3O)ccnc21. The Morgan fingerprint density at radius 2 is 2.02 bits per heavy atom. The van der Waals surface area contributed by atoms with E-state index in [2.05, 4.69) is 35.0 Å². The van der Waals surface area contributed by atoms with Crippen LogP contribution in [0.1, 0.15) is 47.8 Å². The lowest BCUT2D eigenvalue weighted by Crippen LogP contribution is -2.32. The molecule has 3 heterocycles. The minimum absolute atomic E-state index is 0.0165. The van der Waals surface area contributed by atoms with Gasteiger partial charge in [0.15, 0.2) is 11.3 Å². The van der Waals surface area contributed by atoms with Crippen molar-refractivity contribution in [2.75, 3.05) is 18.5 Å². The molecule has 2 aromatic heterocycles. The minimum Gasteiger partial charge on any atom is -0.391 e. The zero-order chi connectivity index (χ0) is 28.6. The molecule has 4 atom stereocenters. The van der Waals surface area contributed by atoms with Gasteiger partial charge < -0.3 is 20.1 Å². The minimum atomic E-state index is -1.40. The van der Waals surface area contributed by atoms with E-state index in [1.807, 2.05) is 0 Å². The van der Waals surface area contributed by atoms with Crippen LogP contribution in [0.15, 0.2) is 30.5 Å². The number of anilines is 1. The number of amides is 1. The van der Waals surface area contributed by atoms with Crippen LogP contribution >= 0.6 is 0 Å². The van der Waals surface area contributed by atoms with Crippen molar-refractivity contribution in [1.29, 1.82) is 0 Å². The molecule has 0 spiro atoms. The average molecular weight is 576 g/mol. The zero-order valence-electron chi connectivity index (χ0n) is 23.0. The van der Waals surface area contributed by atoms with Gasteiger partial charge in [-0.25, -0.2) is 22.8 Å². The first kappa shape index (κ1) is 28.6. The molecular formula is C28H36F3N5O3Si. The molecule has 0 radical (unpaired) electrons. The number of halogens is 3. The fourth-order valence-electron chi connectivity index (χ4n) is 5.51. The standard InChI is InChI=1S/C28H36F3N5O3Si/c1-40(2,3)12-11-39-16-36-27-25(22(9-10-32-27)33-21-5-4-6-24(21)37)26(34-36)28(38)35-15-18(30)14-23(35)19-13-17(29)7-8-20(19)31/h7-10,13,18,21,23-24,37H,4-6,11-12,14-16H2,1-3H3,(H,32,33)/t18-,21+,23+,24+/m0/s1. The topological polar surface area (TPSA) is 92.5 Å². The Labute approximate surface area is 232 Å². The van der Waals surface area contributed by atoms with Crippen molar-refractivity contribution in [2.45, 2.75) is 82.5 Å². The van der Waals surface area contributed by atoms with Crippen molar-refractivity contribution in [3.05, 3.63) is 53.4 Å². The van der Waals surface area contributed by atoms with Crippen LogP contribution < -0.4 is 5.32 Å². The van der Waals surface area contributed by atoms with Gasteiger partial charge in [0.05, 0.1) is 30.1 Å². The zero-order valence-corrected chi connectivity index (χ0v) is 24.0. The van der Waals surface area contributed by atoms with E-state index in [0.29, 0.717) is 29.7 Å². The lowest BCUT2D eigenvalue weighted by Gasteiger charge is -2.25. The van der Waals surface area contributed by atoms with Crippen molar-refractivity contribution < 1.29 is 27.8 Å². The molecule has 0 bridgehead atoms. The van der Waals surface area contributed by atoms with Crippen molar-refractivity contribution >= 4 is 30.7 Å². The van der Waals surface area contributed by atoms with Gasteiger partial charge in [0.25, 0.3) is 5.91 Å². The van der Waals surface area contributed by atoms with E-state index >= 15 is 0 Å². The Morgan fingerprint density at radius 1 is 1.23 bits per heavy atom. The van der Waals surface area contributed by atoms with E-state index in [9.17, 15) is 23.1 Å². The number of carbonyl (C=O) groups excluding carboxylic acids is 1. The number of likely N-dealkylation sites (tertiary alicyclic amines) is 1. The van der Waals surface area contributed by atoms with Gasteiger partial charge in [-0.2, -0.15) is 5.10 Å². The number of nitrogens with one attached hydrogen (secondary N) is 1. The third-order valence-electron chi connectivity index (χ3n) is 7.69. The molecule has 1 saturated heterocycles. The van der Waals surface area contributed by atoms with Gasteiger partial charge in [-0.05, 0) is 49.6 Å². The fourth-order valence-corrected chi connectivity index (χ4v) is 6.26. The number of benzene rings is 1. The summed E-state index contributed by atoms with van der Waals surface area (Å²) in [7, 11) is -1.33. The summed E-state index contributed by atoms with van der Waals surface area (Å²) in [5.41, 5.74) is 0.913. The van der Waals surface area contributed by atoms with Crippen LogP contribution in [0.3, 0.4) is 0 Å². The van der Waals surface area contributed by atoms with Gasteiger partial charge in [0, 0.05) is 38.5 Å². The van der Waals surface area contributed by atoms with Crippen molar-refractivity contribution in [3.63, 3.8) is 0 Å². The lowest BCUT2D eigenvalue weighted by atomic mass is 10.0. The number of hydrogen-bond acceptors (Lipinski definition) is 6. The van der Waals surface area contributed by atoms with E-state index < -0.39 is 43.9 Å². The second-order valence-electron chi connectivity index (χ2n) is 12.0. The number of nitrogens with zero attached hydrogens (tertiary/aromatic N) is 4. The highest BCUT2D eigenvalue weighted by Gasteiger charge is 2.40. The molecule has 12 heteroatoms. The molecule has 1 saturated carbocycles. The van der Waals surface area contributed by atoms with Gasteiger partial charge in [-0.3, -0.25) is 4.79 Å². The van der Waals surface area contributed by atoms with Crippen molar-refractivity contribution in [3.8, 4) is 0 Å². The molecule has 40 heavy (non-hydrogen) atoms. The quantitative estimate of drug-likeness (QED) is 0.267. The summed E-state index contributed by atoms with van der Waals surface area (Å²) in [5, 5.41) is 18.8. The van der Waals surface area contributed by atoms with Crippen molar-refractivity contribution in [2.24, 2.45) is 0 Å². The molecule has 8 nitrogen and oxygen atoms in total. The summed E-state index contributed by atoms with van der Waals surface area (Å²) < 4.78 is 50.9. The largest absolute Gasteiger partial charge is 0.391 e. The summed E-state index contributed by atoms with van der Waals surface area (Å²) in [6.45, 7) is 7.07. The van der Waals surface area contributed by atoms with E-state index in [1.54, 1.807) is 12.3 Å². The average Bonchev–Trinajstić information content (AvgIpc) is 3.60. The van der Waals surface area contributed by atoms with Gasteiger partial charge in [-0.1, -0.05) is 19.6 Å². The lowest BCUT2D eigenvalue weighted by molar-refractivity contribution is 0.0702. The molecule has 1 amide bonds. The van der Waals surface area contributed by atoms with Crippen LogP contribution in [0.4, 0.5) is 18.9 Å². The van der Waals surface area contributed by atoms with Crippen LogP contribution in [0.2, 0.25) is 25.7 Å². The Morgan fingerprint density at radius 3 is 2.75 bits per heavy atom. The van der Waals surface area contributed by atoms with Gasteiger partial charge >= 0.3 is 0 Å². The first-order valence-electron chi connectivity index (χ1n) is 13.8. The maximum absolute atomic E-state index is 14.7. The number of aromatic nitrogens is 3. The predicted octanol–water partition coefficient (Wildman–Crippen LogP) is 5.27. The van der Waals surface area contributed by atoms with E-state index in [-0.39, 0.29) is 37.0 Å². The second-order valence-corrected chi connectivity index (χ2v) is 17.6. The fraction of sp³-hybridized carbons (Fsp3) is 0.536. The molecule has 216 valence electrons. The number of pyridine rings is 1. The third kappa shape index (κ3) is 6.03. The summed E-state index contributed by atoms with van der Waals surface area (Å²) in [6, 6.07) is 4.46. The number of aliphatic hydroxyl groups is 1. The van der Waals surface area contributed by atoms with E-state index in [1.165, 1.54) is 9.58 Å². The summed E-state index contributed by atoms with van der Waals surface area (Å²) in [6.07, 6.45) is 1.82. The maximum Gasteiger partial charge on any atom is 0.275 e. The van der Waals surface area contributed by atoms with Crippen LogP contribution in [0.5, 0.6) is 0 Å². The molecule has 2 fully saturated rings. The highest BCUT2D eigenvalue weighted by Crippen LogP contribution is 2.38. The molecule has 5 rings (SSSR count). The highest BCUT2D eigenvalue weighted by molar-refractivity contribution is 6.76. The Hall–Kier alpha value is -2.96. The van der Waals surface area contributed by atoms with Crippen LogP contribution in [0.25, 0.3) is 11.0 Å². The highest BCUT2D eigenvalue weighted by atomic mass is 28.3.